The van der Waals surface area contributed by atoms with Crippen molar-refractivity contribution in [2.24, 2.45) is 0 Å². The molecule has 9 nitrogen and oxygen atoms in total. The largest absolute Gasteiger partial charge is 0.501 e. The summed E-state index contributed by atoms with van der Waals surface area (Å²) in [5, 5.41) is 16.3. The minimum Gasteiger partial charge on any atom is -0.501 e. The molecule has 1 aliphatic rings. The Morgan fingerprint density at radius 2 is 1.86 bits per heavy atom. The van der Waals surface area contributed by atoms with Crippen molar-refractivity contribution in [2.45, 2.75) is 12.6 Å². The summed E-state index contributed by atoms with van der Waals surface area (Å²) >= 11 is 0. The third-order valence-electron chi connectivity index (χ3n) is 5.78. The first-order valence-corrected chi connectivity index (χ1v) is 11.5. The highest BCUT2D eigenvalue weighted by Gasteiger charge is 2.23. The average molecular weight is 482 g/mol. The maximum Gasteiger partial charge on any atom is 0.293 e. The second-order valence-corrected chi connectivity index (χ2v) is 8.21. The SMILES string of the molecule is O=C(NCc1ccc(F)cc1)c1nc(C(NCCN2CCOCC2)c2ccccc2)[nH]c(=O)c1O. The number of carbonyl (C=O) groups excluding carboxylic acids is 1. The Labute approximate surface area is 202 Å². The summed E-state index contributed by atoms with van der Waals surface area (Å²) in [6.07, 6.45) is 0. The van der Waals surface area contributed by atoms with Gasteiger partial charge in [-0.15, -0.1) is 0 Å². The van der Waals surface area contributed by atoms with Crippen LogP contribution in [0.3, 0.4) is 0 Å². The van der Waals surface area contributed by atoms with E-state index < -0.39 is 23.3 Å². The molecule has 1 aromatic heterocycles. The lowest BCUT2D eigenvalue weighted by molar-refractivity contribution is 0.0382. The second kappa shape index (κ2) is 11.7. The quantitative estimate of drug-likeness (QED) is 0.366. The van der Waals surface area contributed by atoms with E-state index in [4.69, 9.17) is 4.74 Å². The zero-order chi connectivity index (χ0) is 24.6. The zero-order valence-electron chi connectivity index (χ0n) is 19.2. The molecule has 1 aliphatic heterocycles. The third-order valence-corrected chi connectivity index (χ3v) is 5.78. The van der Waals surface area contributed by atoms with Gasteiger partial charge in [0, 0.05) is 32.7 Å². The fourth-order valence-electron chi connectivity index (χ4n) is 3.86. The molecule has 2 heterocycles. The van der Waals surface area contributed by atoms with E-state index in [1.807, 2.05) is 30.3 Å². The number of amides is 1. The molecular formula is C25H28FN5O4. The highest BCUT2D eigenvalue weighted by molar-refractivity contribution is 5.94. The minimum absolute atomic E-state index is 0.0856. The molecule has 1 unspecified atom stereocenters. The van der Waals surface area contributed by atoms with Gasteiger partial charge < -0.3 is 25.5 Å². The van der Waals surface area contributed by atoms with Crippen molar-refractivity contribution in [2.75, 3.05) is 39.4 Å². The number of aromatic nitrogens is 2. The second-order valence-electron chi connectivity index (χ2n) is 8.21. The fraction of sp³-hybridized carbons (Fsp3) is 0.320. The lowest BCUT2D eigenvalue weighted by Crippen LogP contribution is -2.41. The maximum absolute atomic E-state index is 13.1. The van der Waals surface area contributed by atoms with Gasteiger partial charge in [-0.05, 0) is 23.3 Å². The lowest BCUT2D eigenvalue weighted by atomic mass is 10.1. The highest BCUT2D eigenvalue weighted by atomic mass is 19.1. The minimum atomic E-state index is -0.808. The number of halogens is 1. The van der Waals surface area contributed by atoms with Crippen LogP contribution in [0.2, 0.25) is 0 Å². The zero-order valence-corrected chi connectivity index (χ0v) is 19.2. The van der Waals surface area contributed by atoms with Gasteiger partial charge >= 0.3 is 0 Å². The molecule has 4 rings (SSSR count). The molecule has 184 valence electrons. The van der Waals surface area contributed by atoms with Crippen LogP contribution in [-0.2, 0) is 11.3 Å². The molecular weight excluding hydrogens is 453 g/mol. The van der Waals surface area contributed by atoms with Gasteiger partial charge in [0.05, 0.1) is 19.3 Å². The van der Waals surface area contributed by atoms with Gasteiger partial charge in [0.25, 0.3) is 11.5 Å². The number of aromatic hydroxyl groups is 1. The molecule has 0 saturated carbocycles. The van der Waals surface area contributed by atoms with E-state index in [-0.39, 0.29) is 23.9 Å². The van der Waals surface area contributed by atoms with Crippen LogP contribution in [-0.4, -0.2) is 65.3 Å². The molecule has 10 heteroatoms. The van der Waals surface area contributed by atoms with Crippen molar-refractivity contribution in [3.05, 3.63) is 93.4 Å². The number of benzene rings is 2. The Kier molecular flexibility index (Phi) is 8.19. The molecule has 0 aliphatic carbocycles. The van der Waals surface area contributed by atoms with Crippen LogP contribution in [0, 0.1) is 5.82 Å². The van der Waals surface area contributed by atoms with Crippen LogP contribution in [0.5, 0.6) is 5.75 Å². The van der Waals surface area contributed by atoms with Gasteiger partial charge in [0.15, 0.2) is 5.69 Å². The summed E-state index contributed by atoms with van der Waals surface area (Å²) in [5.41, 5.74) is 0.330. The number of nitrogens with one attached hydrogen (secondary N) is 3. The van der Waals surface area contributed by atoms with Crippen LogP contribution < -0.4 is 16.2 Å². The molecule has 4 N–H and O–H groups in total. The first kappa shape index (κ1) is 24.5. The van der Waals surface area contributed by atoms with Crippen molar-refractivity contribution in [1.82, 2.24) is 25.5 Å². The molecule has 0 radical (unpaired) electrons. The van der Waals surface area contributed by atoms with E-state index in [1.165, 1.54) is 24.3 Å². The molecule has 35 heavy (non-hydrogen) atoms. The molecule has 1 amide bonds. The van der Waals surface area contributed by atoms with Crippen LogP contribution in [0.15, 0.2) is 59.4 Å². The Morgan fingerprint density at radius 3 is 2.57 bits per heavy atom. The van der Waals surface area contributed by atoms with Crippen LogP contribution in [0.4, 0.5) is 4.39 Å². The summed E-state index contributed by atoms with van der Waals surface area (Å²) in [7, 11) is 0. The number of nitrogens with zero attached hydrogens (tertiary/aromatic N) is 2. The van der Waals surface area contributed by atoms with E-state index in [2.05, 4.69) is 25.5 Å². The standard InChI is InChI=1S/C25H28FN5O4/c26-19-8-6-17(7-9-19)16-28-24(33)21-22(32)25(34)30-23(29-21)20(18-4-2-1-3-5-18)27-10-11-31-12-14-35-15-13-31/h1-9,20,27,32H,10-16H2,(H,28,33)(H,29,30,34). The van der Waals surface area contributed by atoms with E-state index in [1.54, 1.807) is 0 Å². The molecule has 1 fully saturated rings. The monoisotopic (exact) mass is 481 g/mol. The first-order valence-electron chi connectivity index (χ1n) is 11.5. The Morgan fingerprint density at radius 1 is 1.14 bits per heavy atom. The summed E-state index contributed by atoms with van der Waals surface area (Å²) in [6.45, 7) is 4.57. The average Bonchev–Trinajstić information content (AvgIpc) is 2.89. The number of hydrogen-bond acceptors (Lipinski definition) is 7. The molecule has 1 atom stereocenters. The molecule has 0 bridgehead atoms. The van der Waals surface area contributed by atoms with Crippen molar-refractivity contribution in [1.29, 1.82) is 0 Å². The summed E-state index contributed by atoms with van der Waals surface area (Å²) in [4.78, 5) is 34.5. The normalized spacial score (nSPS) is 15.0. The van der Waals surface area contributed by atoms with E-state index in [0.717, 1.165) is 25.2 Å². The summed E-state index contributed by atoms with van der Waals surface area (Å²) in [6, 6.07) is 14.6. The van der Waals surface area contributed by atoms with Gasteiger partial charge in [-0.1, -0.05) is 42.5 Å². The number of carbonyl (C=O) groups is 1. The number of aromatic amines is 1. The van der Waals surface area contributed by atoms with Crippen molar-refractivity contribution < 1.29 is 19.0 Å². The van der Waals surface area contributed by atoms with Gasteiger partial charge in [-0.2, -0.15) is 0 Å². The molecule has 2 aromatic carbocycles. The Balaban J connectivity index is 1.53. The Hall–Kier alpha value is -3.60. The highest BCUT2D eigenvalue weighted by Crippen LogP contribution is 2.20. The predicted octanol–water partition coefficient (Wildman–Crippen LogP) is 1.56. The van der Waals surface area contributed by atoms with Crippen LogP contribution in [0.1, 0.15) is 33.5 Å². The van der Waals surface area contributed by atoms with Gasteiger partial charge in [-0.3, -0.25) is 14.5 Å². The summed E-state index contributed by atoms with van der Waals surface area (Å²) < 4.78 is 18.5. The van der Waals surface area contributed by atoms with E-state index in [0.29, 0.717) is 25.3 Å². The van der Waals surface area contributed by atoms with Gasteiger partial charge in [0.1, 0.15) is 11.6 Å². The van der Waals surface area contributed by atoms with E-state index in [9.17, 15) is 19.1 Å². The maximum atomic E-state index is 13.1. The molecule has 0 spiro atoms. The first-order chi connectivity index (χ1) is 17.0. The number of rotatable bonds is 9. The van der Waals surface area contributed by atoms with Gasteiger partial charge in [-0.25, -0.2) is 9.37 Å². The molecule has 3 aromatic rings. The number of hydrogen-bond donors (Lipinski definition) is 4. The summed E-state index contributed by atoms with van der Waals surface area (Å²) in [5.74, 6) is -1.63. The lowest BCUT2D eigenvalue weighted by Gasteiger charge is -2.27. The third kappa shape index (κ3) is 6.50. The molecule has 1 saturated heterocycles. The van der Waals surface area contributed by atoms with Crippen molar-refractivity contribution >= 4 is 5.91 Å². The fourth-order valence-corrected chi connectivity index (χ4v) is 3.86. The van der Waals surface area contributed by atoms with Crippen LogP contribution >= 0.6 is 0 Å². The van der Waals surface area contributed by atoms with E-state index >= 15 is 0 Å². The Bertz CT molecular complexity index is 1180. The predicted molar refractivity (Wildman–Crippen MR) is 128 cm³/mol. The van der Waals surface area contributed by atoms with Crippen LogP contribution in [0.25, 0.3) is 0 Å². The smallest absolute Gasteiger partial charge is 0.293 e. The number of H-pyrrole nitrogens is 1. The topological polar surface area (TPSA) is 120 Å². The number of ether oxygens (including phenoxy) is 1. The number of morpholine rings is 1. The van der Waals surface area contributed by atoms with Crippen molar-refractivity contribution in [3.8, 4) is 5.75 Å². The van der Waals surface area contributed by atoms with Gasteiger partial charge in [0.2, 0.25) is 5.75 Å². The van der Waals surface area contributed by atoms with Crippen molar-refractivity contribution in [3.63, 3.8) is 0 Å².